The van der Waals surface area contributed by atoms with Crippen LogP contribution in [0.4, 0.5) is 0 Å². The molecule has 2 heterocycles. The zero-order chi connectivity index (χ0) is 15.2. The van der Waals surface area contributed by atoms with Crippen LogP contribution < -0.4 is 5.32 Å². The van der Waals surface area contributed by atoms with E-state index in [-0.39, 0.29) is 29.9 Å². The number of hydrogen-bond acceptors (Lipinski definition) is 3. The van der Waals surface area contributed by atoms with E-state index < -0.39 is 0 Å². The number of aryl methyl sites for hydroxylation is 1. The lowest BCUT2D eigenvalue weighted by Gasteiger charge is -2.36. The molecule has 0 radical (unpaired) electrons. The van der Waals surface area contributed by atoms with E-state index in [1.165, 1.54) is 9.75 Å². The molecular formula is C15H25IN4OS. The number of hydrogen-bond donors (Lipinski definition) is 1. The fourth-order valence-electron chi connectivity index (χ4n) is 2.38. The number of guanidine groups is 1. The van der Waals surface area contributed by atoms with Crippen LogP contribution in [0.15, 0.2) is 17.1 Å². The molecule has 0 atom stereocenters. The Morgan fingerprint density at radius 3 is 2.41 bits per heavy atom. The highest BCUT2D eigenvalue weighted by atomic mass is 127. The van der Waals surface area contributed by atoms with Crippen molar-refractivity contribution in [3.05, 3.63) is 21.9 Å². The van der Waals surface area contributed by atoms with Gasteiger partial charge in [-0.3, -0.25) is 4.79 Å². The zero-order valence-electron chi connectivity index (χ0n) is 13.5. The maximum atomic E-state index is 11.4. The van der Waals surface area contributed by atoms with Crippen LogP contribution in [0.3, 0.4) is 0 Å². The normalized spacial score (nSPS) is 15.5. The Morgan fingerprint density at radius 1 is 1.27 bits per heavy atom. The number of amides is 1. The van der Waals surface area contributed by atoms with Crippen LogP contribution in [0.5, 0.6) is 0 Å². The van der Waals surface area contributed by atoms with Gasteiger partial charge in [0.05, 0.1) is 6.54 Å². The Balaban J connectivity index is 0.00000242. The Labute approximate surface area is 153 Å². The third-order valence-corrected chi connectivity index (χ3v) is 4.53. The molecule has 5 nitrogen and oxygen atoms in total. The van der Waals surface area contributed by atoms with Gasteiger partial charge in [0.2, 0.25) is 5.91 Å². The summed E-state index contributed by atoms with van der Waals surface area (Å²) in [5.41, 5.74) is 0. The fourth-order valence-corrected chi connectivity index (χ4v) is 3.20. The van der Waals surface area contributed by atoms with Gasteiger partial charge in [0.1, 0.15) is 0 Å². The third-order valence-electron chi connectivity index (χ3n) is 3.54. The first-order chi connectivity index (χ1) is 10.1. The van der Waals surface area contributed by atoms with Crippen molar-refractivity contribution in [2.24, 2.45) is 4.99 Å². The number of nitrogens with one attached hydrogen (secondary N) is 1. The summed E-state index contributed by atoms with van der Waals surface area (Å²) in [4.78, 5) is 22.8. The lowest BCUT2D eigenvalue weighted by Crippen LogP contribution is -2.53. The van der Waals surface area contributed by atoms with Crippen molar-refractivity contribution < 1.29 is 4.79 Å². The maximum Gasteiger partial charge on any atom is 0.219 e. The van der Waals surface area contributed by atoms with Gasteiger partial charge in [-0.2, -0.15) is 0 Å². The van der Waals surface area contributed by atoms with Gasteiger partial charge in [0, 0.05) is 49.4 Å². The van der Waals surface area contributed by atoms with Gasteiger partial charge < -0.3 is 15.1 Å². The zero-order valence-corrected chi connectivity index (χ0v) is 16.6. The Morgan fingerprint density at radius 2 is 1.91 bits per heavy atom. The highest BCUT2D eigenvalue weighted by Gasteiger charge is 2.20. The van der Waals surface area contributed by atoms with Gasteiger partial charge in [-0.15, -0.1) is 35.3 Å². The average Bonchev–Trinajstić information content (AvgIpc) is 2.89. The summed E-state index contributed by atoms with van der Waals surface area (Å²) in [6.07, 6.45) is 0. The summed E-state index contributed by atoms with van der Waals surface area (Å²) in [6, 6.07) is 4.27. The second kappa shape index (κ2) is 9.34. The van der Waals surface area contributed by atoms with Crippen LogP contribution in [0.25, 0.3) is 0 Å². The van der Waals surface area contributed by atoms with Crippen molar-refractivity contribution in [3.63, 3.8) is 0 Å². The first kappa shape index (κ1) is 19.2. The van der Waals surface area contributed by atoms with Gasteiger partial charge in [-0.25, -0.2) is 4.99 Å². The van der Waals surface area contributed by atoms with Crippen LogP contribution in [0, 0.1) is 6.92 Å². The van der Waals surface area contributed by atoms with E-state index in [0.29, 0.717) is 6.54 Å². The molecule has 1 N–H and O–H groups in total. The quantitative estimate of drug-likeness (QED) is 0.450. The minimum atomic E-state index is 0. The van der Waals surface area contributed by atoms with Crippen molar-refractivity contribution >= 4 is 47.2 Å². The summed E-state index contributed by atoms with van der Waals surface area (Å²) in [5, 5.41) is 3.35. The van der Waals surface area contributed by atoms with Gasteiger partial charge in [0.25, 0.3) is 0 Å². The van der Waals surface area contributed by atoms with Crippen LogP contribution in [-0.4, -0.2) is 54.4 Å². The second-order valence-corrected chi connectivity index (χ2v) is 6.55. The standard InChI is InChI=1S/C15H24N4OS.HI/c1-4-16-15(17-11-14-6-5-12(2)21-14)19-9-7-18(8-10-19)13(3)20;/h5-6H,4,7-11H2,1-3H3,(H,16,17);1H. The maximum absolute atomic E-state index is 11.4. The summed E-state index contributed by atoms with van der Waals surface area (Å²) in [6.45, 7) is 10.6. The topological polar surface area (TPSA) is 47.9 Å². The molecule has 1 aromatic rings. The summed E-state index contributed by atoms with van der Waals surface area (Å²) >= 11 is 1.79. The highest BCUT2D eigenvalue weighted by molar-refractivity contribution is 14.0. The molecule has 1 aliphatic heterocycles. The number of thiophene rings is 1. The van der Waals surface area contributed by atoms with E-state index in [4.69, 9.17) is 4.99 Å². The van der Waals surface area contributed by atoms with E-state index in [2.05, 4.69) is 36.2 Å². The van der Waals surface area contributed by atoms with E-state index in [1.807, 2.05) is 4.90 Å². The molecule has 0 unspecified atom stereocenters. The summed E-state index contributed by atoms with van der Waals surface area (Å²) in [7, 11) is 0. The molecular weight excluding hydrogens is 411 g/mol. The summed E-state index contributed by atoms with van der Waals surface area (Å²) < 4.78 is 0. The average molecular weight is 436 g/mol. The van der Waals surface area contributed by atoms with E-state index in [9.17, 15) is 4.79 Å². The van der Waals surface area contributed by atoms with Gasteiger partial charge >= 0.3 is 0 Å². The first-order valence-electron chi connectivity index (χ1n) is 7.44. The number of carbonyl (C=O) groups excluding carboxylic acids is 1. The highest BCUT2D eigenvalue weighted by Crippen LogP contribution is 2.16. The predicted molar refractivity (Wildman–Crippen MR) is 103 cm³/mol. The number of halogens is 1. The minimum Gasteiger partial charge on any atom is -0.357 e. The monoisotopic (exact) mass is 436 g/mol. The van der Waals surface area contributed by atoms with Crippen LogP contribution in [-0.2, 0) is 11.3 Å². The van der Waals surface area contributed by atoms with E-state index in [0.717, 1.165) is 38.7 Å². The van der Waals surface area contributed by atoms with Crippen molar-refractivity contribution in [1.29, 1.82) is 0 Å². The van der Waals surface area contributed by atoms with Crippen molar-refractivity contribution in [2.75, 3.05) is 32.7 Å². The molecule has 7 heteroatoms. The van der Waals surface area contributed by atoms with Crippen LogP contribution >= 0.6 is 35.3 Å². The number of nitrogens with zero attached hydrogens (tertiary/aromatic N) is 3. The molecule has 1 aliphatic rings. The van der Waals surface area contributed by atoms with Gasteiger partial charge in [-0.05, 0) is 26.0 Å². The SMILES string of the molecule is CCNC(=NCc1ccc(C)s1)N1CCN(C(C)=O)CC1.I. The number of piperazine rings is 1. The molecule has 22 heavy (non-hydrogen) atoms. The van der Waals surface area contributed by atoms with Crippen molar-refractivity contribution in [1.82, 2.24) is 15.1 Å². The molecule has 1 saturated heterocycles. The minimum absolute atomic E-state index is 0. The number of aliphatic imine (C=N–C) groups is 1. The molecule has 0 saturated carbocycles. The fraction of sp³-hybridized carbons (Fsp3) is 0.600. The first-order valence-corrected chi connectivity index (χ1v) is 8.26. The van der Waals surface area contributed by atoms with Crippen molar-refractivity contribution in [2.45, 2.75) is 27.3 Å². The van der Waals surface area contributed by atoms with Crippen molar-refractivity contribution in [3.8, 4) is 0 Å². The molecule has 1 aromatic heterocycles. The van der Waals surface area contributed by atoms with Gasteiger partial charge in [-0.1, -0.05) is 0 Å². The van der Waals surface area contributed by atoms with Crippen LogP contribution in [0.1, 0.15) is 23.6 Å². The lowest BCUT2D eigenvalue weighted by atomic mass is 10.3. The molecule has 2 rings (SSSR count). The molecule has 0 bridgehead atoms. The Bertz CT molecular complexity index is 509. The molecule has 0 aromatic carbocycles. The Hall–Kier alpha value is -0.830. The molecule has 124 valence electrons. The molecule has 1 amide bonds. The largest absolute Gasteiger partial charge is 0.357 e. The van der Waals surface area contributed by atoms with Crippen LogP contribution in [0.2, 0.25) is 0 Å². The van der Waals surface area contributed by atoms with E-state index >= 15 is 0 Å². The predicted octanol–water partition coefficient (Wildman–Crippen LogP) is 2.30. The summed E-state index contributed by atoms with van der Waals surface area (Å²) in [5.74, 6) is 1.11. The number of carbonyl (C=O) groups is 1. The molecule has 0 spiro atoms. The number of rotatable bonds is 3. The second-order valence-electron chi connectivity index (χ2n) is 5.18. The van der Waals surface area contributed by atoms with Gasteiger partial charge in [0.15, 0.2) is 5.96 Å². The third kappa shape index (κ3) is 5.42. The lowest BCUT2D eigenvalue weighted by molar-refractivity contribution is -0.130. The molecule has 1 fully saturated rings. The smallest absolute Gasteiger partial charge is 0.219 e. The molecule has 0 aliphatic carbocycles. The Kier molecular flexibility index (Phi) is 8.16. The van der Waals surface area contributed by atoms with E-state index in [1.54, 1.807) is 18.3 Å².